The summed E-state index contributed by atoms with van der Waals surface area (Å²) in [6.07, 6.45) is 3.36. The Labute approximate surface area is 135 Å². The lowest BCUT2D eigenvalue weighted by Gasteiger charge is -2.30. The molecular weight excluding hydrogens is 296 g/mol. The second kappa shape index (κ2) is 7.45. The predicted molar refractivity (Wildman–Crippen MR) is 93.4 cm³/mol. The van der Waals surface area contributed by atoms with Crippen LogP contribution in [0.5, 0.6) is 0 Å². The molecule has 112 valence electrons. The highest BCUT2D eigenvalue weighted by Crippen LogP contribution is 2.31. The van der Waals surface area contributed by atoms with Crippen LogP contribution in [0.4, 0.5) is 0 Å². The maximum atomic E-state index is 3.50. The van der Waals surface area contributed by atoms with Crippen molar-refractivity contribution >= 4 is 23.1 Å². The highest BCUT2D eigenvalue weighted by Gasteiger charge is 2.23. The van der Waals surface area contributed by atoms with Gasteiger partial charge in [-0.25, -0.2) is 0 Å². The lowest BCUT2D eigenvalue weighted by atomic mass is 9.99. The van der Waals surface area contributed by atoms with E-state index in [0.717, 1.165) is 26.2 Å². The molecule has 0 aliphatic carbocycles. The van der Waals surface area contributed by atoms with Crippen molar-refractivity contribution < 1.29 is 0 Å². The number of thioether (sulfide) groups is 1. The van der Waals surface area contributed by atoms with Gasteiger partial charge < -0.3 is 5.32 Å². The Morgan fingerprint density at radius 2 is 1.95 bits per heavy atom. The highest BCUT2D eigenvalue weighted by molar-refractivity contribution is 7.98. The van der Waals surface area contributed by atoms with Crippen LogP contribution in [-0.2, 0) is 0 Å². The molecule has 1 atom stereocenters. The van der Waals surface area contributed by atoms with Crippen LogP contribution < -0.4 is 5.32 Å². The molecule has 0 spiro atoms. The summed E-state index contributed by atoms with van der Waals surface area (Å²) in [5.74, 6) is 0. The maximum Gasteiger partial charge on any atom is 0.0610 e. The first-order valence-corrected chi connectivity index (χ1v) is 9.66. The van der Waals surface area contributed by atoms with E-state index in [1.165, 1.54) is 22.4 Å². The van der Waals surface area contributed by atoms with Crippen LogP contribution in [0, 0.1) is 0 Å². The van der Waals surface area contributed by atoms with Crippen molar-refractivity contribution in [1.82, 2.24) is 10.2 Å². The Balaban J connectivity index is 1.91. The van der Waals surface area contributed by atoms with E-state index in [4.69, 9.17) is 0 Å². The molecule has 21 heavy (non-hydrogen) atoms. The topological polar surface area (TPSA) is 15.3 Å². The Morgan fingerprint density at radius 1 is 1.10 bits per heavy atom. The van der Waals surface area contributed by atoms with Crippen LogP contribution in [0.25, 0.3) is 0 Å². The minimum absolute atomic E-state index is 0.395. The molecule has 0 radical (unpaired) electrons. The highest BCUT2D eigenvalue weighted by atomic mass is 32.2. The summed E-state index contributed by atoms with van der Waals surface area (Å²) >= 11 is 3.60. The van der Waals surface area contributed by atoms with Crippen molar-refractivity contribution in [2.24, 2.45) is 0 Å². The minimum atomic E-state index is 0.395. The van der Waals surface area contributed by atoms with Crippen molar-refractivity contribution in [3.05, 3.63) is 52.2 Å². The molecule has 2 nitrogen and oxygen atoms in total. The van der Waals surface area contributed by atoms with E-state index in [1.54, 1.807) is 23.1 Å². The van der Waals surface area contributed by atoms with Gasteiger partial charge in [0, 0.05) is 24.5 Å². The minimum Gasteiger partial charge on any atom is -0.315 e. The second-order valence-corrected chi connectivity index (χ2v) is 7.03. The van der Waals surface area contributed by atoms with Crippen LogP contribution in [0.1, 0.15) is 23.6 Å². The number of hydrogen-bond acceptors (Lipinski definition) is 4. The van der Waals surface area contributed by atoms with Crippen molar-refractivity contribution in [3.63, 3.8) is 0 Å². The molecule has 1 aliphatic rings. The monoisotopic (exact) mass is 318 g/mol. The van der Waals surface area contributed by atoms with Crippen molar-refractivity contribution in [2.75, 3.05) is 32.4 Å². The number of nitrogens with zero attached hydrogens (tertiary/aromatic N) is 1. The first-order valence-electron chi connectivity index (χ1n) is 7.49. The Morgan fingerprint density at radius 3 is 2.67 bits per heavy atom. The molecule has 0 bridgehead atoms. The van der Waals surface area contributed by atoms with Crippen LogP contribution >= 0.6 is 23.1 Å². The Hall–Kier alpha value is -0.810. The quantitative estimate of drug-likeness (QED) is 0.862. The molecule has 4 heteroatoms. The second-order valence-electron chi connectivity index (χ2n) is 5.37. The smallest absolute Gasteiger partial charge is 0.0610 e. The zero-order valence-corrected chi connectivity index (χ0v) is 14.1. The van der Waals surface area contributed by atoms with E-state index in [0.29, 0.717) is 6.04 Å². The summed E-state index contributed by atoms with van der Waals surface area (Å²) in [6.45, 7) is 4.50. The van der Waals surface area contributed by atoms with E-state index in [-0.39, 0.29) is 0 Å². The fourth-order valence-corrected chi connectivity index (χ4v) is 4.04. The number of thiophene rings is 1. The van der Waals surface area contributed by atoms with E-state index in [9.17, 15) is 0 Å². The Bertz CT molecular complexity index is 528. The van der Waals surface area contributed by atoms with Gasteiger partial charge in [0.2, 0.25) is 0 Å². The average Bonchev–Trinajstić information content (AvgIpc) is 2.91. The van der Waals surface area contributed by atoms with Gasteiger partial charge in [-0.05, 0) is 59.3 Å². The molecular formula is C17H22N2S2. The van der Waals surface area contributed by atoms with Crippen LogP contribution in [0.3, 0.4) is 0 Å². The molecule has 3 rings (SSSR count). The van der Waals surface area contributed by atoms with Gasteiger partial charge in [-0.2, -0.15) is 11.3 Å². The van der Waals surface area contributed by atoms with Gasteiger partial charge in [0.1, 0.15) is 0 Å². The van der Waals surface area contributed by atoms with Crippen LogP contribution in [-0.4, -0.2) is 37.3 Å². The van der Waals surface area contributed by atoms with Gasteiger partial charge in [-0.1, -0.05) is 12.1 Å². The fourth-order valence-electron chi connectivity index (χ4n) is 2.96. The first kappa shape index (κ1) is 15.1. The number of hydrogen-bond donors (Lipinski definition) is 1. The number of benzene rings is 1. The van der Waals surface area contributed by atoms with Gasteiger partial charge in [0.15, 0.2) is 0 Å². The molecule has 1 N–H and O–H groups in total. The first-order chi connectivity index (χ1) is 10.4. The number of rotatable bonds is 4. The zero-order valence-electron chi connectivity index (χ0n) is 12.4. The summed E-state index contributed by atoms with van der Waals surface area (Å²) in [4.78, 5) is 3.95. The average molecular weight is 319 g/mol. The summed E-state index contributed by atoms with van der Waals surface area (Å²) in [5, 5.41) is 7.99. The van der Waals surface area contributed by atoms with E-state index >= 15 is 0 Å². The maximum absolute atomic E-state index is 3.50. The SMILES string of the molecule is CSc1ccc(C(c2ccsc2)N2CCCNCC2)cc1. The lowest BCUT2D eigenvalue weighted by Crippen LogP contribution is -2.32. The normalized spacial score (nSPS) is 18.3. The van der Waals surface area contributed by atoms with Crippen molar-refractivity contribution in [1.29, 1.82) is 0 Å². The molecule has 1 fully saturated rings. The Kier molecular flexibility index (Phi) is 5.36. The summed E-state index contributed by atoms with van der Waals surface area (Å²) in [6, 6.07) is 11.8. The van der Waals surface area contributed by atoms with Crippen molar-refractivity contribution in [3.8, 4) is 0 Å². The number of nitrogens with one attached hydrogen (secondary N) is 1. The third-order valence-corrected chi connectivity index (χ3v) is 5.48. The van der Waals surface area contributed by atoms with Gasteiger partial charge >= 0.3 is 0 Å². The van der Waals surface area contributed by atoms with Gasteiger partial charge in [0.25, 0.3) is 0 Å². The zero-order chi connectivity index (χ0) is 14.5. The van der Waals surface area contributed by atoms with Gasteiger partial charge in [-0.15, -0.1) is 11.8 Å². The van der Waals surface area contributed by atoms with E-state index in [1.807, 2.05) is 0 Å². The van der Waals surface area contributed by atoms with Crippen LogP contribution in [0.2, 0.25) is 0 Å². The van der Waals surface area contributed by atoms with Gasteiger partial charge in [-0.3, -0.25) is 4.90 Å². The third kappa shape index (κ3) is 3.69. The van der Waals surface area contributed by atoms with Gasteiger partial charge in [0.05, 0.1) is 6.04 Å². The van der Waals surface area contributed by atoms with E-state index in [2.05, 4.69) is 57.6 Å². The summed E-state index contributed by atoms with van der Waals surface area (Å²) in [5.41, 5.74) is 2.84. The molecule has 0 amide bonds. The lowest BCUT2D eigenvalue weighted by molar-refractivity contribution is 0.241. The predicted octanol–water partition coefficient (Wildman–Crippen LogP) is 3.85. The molecule has 2 aromatic rings. The largest absolute Gasteiger partial charge is 0.315 e. The molecule has 1 aliphatic heterocycles. The molecule has 1 unspecified atom stereocenters. The fraction of sp³-hybridized carbons (Fsp3) is 0.412. The molecule has 1 aromatic heterocycles. The van der Waals surface area contributed by atoms with E-state index < -0.39 is 0 Å². The summed E-state index contributed by atoms with van der Waals surface area (Å²) in [7, 11) is 0. The summed E-state index contributed by atoms with van der Waals surface area (Å²) < 4.78 is 0. The van der Waals surface area contributed by atoms with Crippen molar-refractivity contribution in [2.45, 2.75) is 17.4 Å². The van der Waals surface area contributed by atoms with Crippen LogP contribution in [0.15, 0.2) is 46.0 Å². The molecule has 1 saturated heterocycles. The third-order valence-electron chi connectivity index (χ3n) is 4.03. The molecule has 0 saturated carbocycles. The molecule has 2 heterocycles. The standard InChI is InChI=1S/C17H22N2S2/c1-20-16-5-3-14(4-6-16)17(15-7-12-21-13-15)19-10-2-8-18-9-11-19/h3-7,12-13,17-18H,2,8-11H2,1H3. The molecule has 1 aromatic carbocycles.